The lowest BCUT2D eigenvalue weighted by atomic mass is 10.3. The van der Waals surface area contributed by atoms with E-state index in [0.717, 1.165) is 27.6 Å². The van der Waals surface area contributed by atoms with Crippen molar-refractivity contribution in [1.29, 1.82) is 0 Å². The van der Waals surface area contributed by atoms with Crippen LogP contribution in [0.3, 0.4) is 0 Å². The Morgan fingerprint density at radius 1 is 1.38 bits per heavy atom. The SMILES string of the molecule is Clc1cccc(-n2cc(CCBr)nn2)c1Br. The van der Waals surface area contributed by atoms with Crippen LogP contribution in [0, 0.1) is 0 Å². The van der Waals surface area contributed by atoms with Gasteiger partial charge < -0.3 is 0 Å². The molecule has 0 atom stereocenters. The van der Waals surface area contributed by atoms with Crippen LogP contribution in [-0.4, -0.2) is 20.3 Å². The van der Waals surface area contributed by atoms with Gasteiger partial charge in [-0.1, -0.05) is 38.8 Å². The molecule has 0 saturated heterocycles. The molecular formula is C10H8Br2ClN3. The third-order valence-electron chi connectivity index (χ3n) is 2.07. The maximum Gasteiger partial charge on any atom is 0.0840 e. The van der Waals surface area contributed by atoms with Crippen LogP contribution in [0.4, 0.5) is 0 Å². The topological polar surface area (TPSA) is 30.7 Å². The summed E-state index contributed by atoms with van der Waals surface area (Å²) in [5, 5.41) is 9.68. The number of aromatic nitrogens is 3. The van der Waals surface area contributed by atoms with E-state index in [4.69, 9.17) is 11.6 Å². The van der Waals surface area contributed by atoms with Gasteiger partial charge in [-0.05, 0) is 28.1 Å². The number of benzene rings is 1. The Bertz CT molecular complexity index is 499. The molecule has 0 bridgehead atoms. The molecule has 84 valence electrons. The first-order valence-electron chi connectivity index (χ1n) is 4.64. The highest BCUT2D eigenvalue weighted by molar-refractivity contribution is 9.10. The van der Waals surface area contributed by atoms with Gasteiger partial charge in [-0.15, -0.1) is 5.10 Å². The third-order valence-corrected chi connectivity index (χ3v) is 3.84. The van der Waals surface area contributed by atoms with Crippen LogP contribution < -0.4 is 0 Å². The van der Waals surface area contributed by atoms with Crippen molar-refractivity contribution in [2.45, 2.75) is 6.42 Å². The normalized spacial score (nSPS) is 10.7. The fourth-order valence-corrected chi connectivity index (χ4v) is 2.32. The maximum atomic E-state index is 6.02. The van der Waals surface area contributed by atoms with Crippen molar-refractivity contribution in [3.05, 3.63) is 39.6 Å². The number of alkyl halides is 1. The number of halogens is 3. The lowest BCUT2D eigenvalue weighted by Crippen LogP contribution is -1.96. The molecular weight excluding hydrogens is 357 g/mol. The minimum atomic E-state index is 0.662. The highest BCUT2D eigenvalue weighted by atomic mass is 79.9. The molecule has 0 unspecified atom stereocenters. The van der Waals surface area contributed by atoms with Gasteiger partial charge in [-0.3, -0.25) is 0 Å². The Hall–Kier alpha value is -0.390. The van der Waals surface area contributed by atoms with Crippen molar-refractivity contribution in [3.63, 3.8) is 0 Å². The molecule has 0 amide bonds. The third kappa shape index (κ3) is 2.47. The first-order chi connectivity index (χ1) is 7.72. The fraction of sp³-hybridized carbons (Fsp3) is 0.200. The number of hydrogen-bond donors (Lipinski definition) is 0. The summed E-state index contributed by atoms with van der Waals surface area (Å²) in [5.41, 5.74) is 1.84. The van der Waals surface area contributed by atoms with Gasteiger partial charge in [-0.2, -0.15) is 0 Å². The van der Waals surface area contributed by atoms with Crippen molar-refractivity contribution in [3.8, 4) is 5.69 Å². The first kappa shape index (κ1) is 12.1. The average Bonchev–Trinajstić information content (AvgIpc) is 2.71. The van der Waals surface area contributed by atoms with Gasteiger partial charge in [0.2, 0.25) is 0 Å². The zero-order chi connectivity index (χ0) is 11.5. The van der Waals surface area contributed by atoms with Gasteiger partial charge in [-0.25, -0.2) is 4.68 Å². The molecule has 2 aromatic rings. The summed E-state index contributed by atoms with van der Waals surface area (Å²) in [7, 11) is 0. The summed E-state index contributed by atoms with van der Waals surface area (Å²) in [5.74, 6) is 0. The summed E-state index contributed by atoms with van der Waals surface area (Å²) >= 11 is 12.8. The number of nitrogens with zero attached hydrogens (tertiary/aromatic N) is 3. The van der Waals surface area contributed by atoms with Gasteiger partial charge in [0.05, 0.1) is 27.1 Å². The van der Waals surface area contributed by atoms with Crippen LogP contribution in [-0.2, 0) is 6.42 Å². The fourth-order valence-electron chi connectivity index (χ4n) is 1.30. The number of aryl methyl sites for hydroxylation is 1. The molecule has 1 heterocycles. The molecule has 0 fully saturated rings. The van der Waals surface area contributed by atoms with E-state index in [1.54, 1.807) is 4.68 Å². The van der Waals surface area contributed by atoms with E-state index in [9.17, 15) is 0 Å². The lowest BCUT2D eigenvalue weighted by Gasteiger charge is -2.04. The zero-order valence-electron chi connectivity index (χ0n) is 8.20. The molecule has 0 N–H and O–H groups in total. The smallest absolute Gasteiger partial charge is 0.0840 e. The van der Waals surface area contributed by atoms with Gasteiger partial charge in [0.1, 0.15) is 0 Å². The molecule has 1 aromatic heterocycles. The van der Waals surface area contributed by atoms with Crippen molar-refractivity contribution in [2.75, 3.05) is 5.33 Å². The monoisotopic (exact) mass is 363 g/mol. The van der Waals surface area contributed by atoms with E-state index in [-0.39, 0.29) is 0 Å². The molecule has 2 rings (SSSR count). The minimum Gasteiger partial charge on any atom is -0.219 e. The average molecular weight is 365 g/mol. The van der Waals surface area contributed by atoms with E-state index >= 15 is 0 Å². The molecule has 0 aliphatic rings. The molecule has 0 radical (unpaired) electrons. The van der Waals surface area contributed by atoms with E-state index in [2.05, 4.69) is 42.2 Å². The van der Waals surface area contributed by atoms with E-state index in [1.807, 2.05) is 24.4 Å². The second-order valence-corrected chi connectivity index (χ2v) is 5.16. The van der Waals surface area contributed by atoms with Crippen molar-refractivity contribution < 1.29 is 0 Å². The van der Waals surface area contributed by atoms with Gasteiger partial charge in [0.15, 0.2) is 0 Å². The Morgan fingerprint density at radius 3 is 2.94 bits per heavy atom. The molecule has 0 spiro atoms. The van der Waals surface area contributed by atoms with E-state index in [0.29, 0.717) is 5.02 Å². The zero-order valence-corrected chi connectivity index (χ0v) is 12.1. The predicted molar refractivity (Wildman–Crippen MR) is 71.6 cm³/mol. The van der Waals surface area contributed by atoms with Crippen molar-refractivity contribution >= 4 is 43.5 Å². The molecule has 0 saturated carbocycles. The van der Waals surface area contributed by atoms with Crippen LogP contribution in [0.2, 0.25) is 5.02 Å². The van der Waals surface area contributed by atoms with E-state index < -0.39 is 0 Å². The van der Waals surface area contributed by atoms with Crippen LogP contribution in [0.1, 0.15) is 5.69 Å². The summed E-state index contributed by atoms with van der Waals surface area (Å²) in [4.78, 5) is 0. The highest BCUT2D eigenvalue weighted by Crippen LogP contribution is 2.28. The summed E-state index contributed by atoms with van der Waals surface area (Å²) in [6.07, 6.45) is 2.76. The first-order valence-corrected chi connectivity index (χ1v) is 6.93. The second kappa shape index (κ2) is 5.29. The summed E-state index contributed by atoms with van der Waals surface area (Å²) < 4.78 is 2.54. The Balaban J connectivity index is 2.39. The standard InChI is InChI=1S/C10H8Br2ClN3/c11-5-4-7-6-16(15-14-7)9-3-1-2-8(13)10(9)12/h1-3,6H,4-5H2. The summed E-state index contributed by atoms with van der Waals surface area (Å²) in [6.45, 7) is 0. The minimum absolute atomic E-state index is 0.662. The van der Waals surface area contributed by atoms with Gasteiger partial charge in [0.25, 0.3) is 0 Å². The largest absolute Gasteiger partial charge is 0.219 e. The van der Waals surface area contributed by atoms with Crippen LogP contribution in [0.5, 0.6) is 0 Å². The predicted octanol–water partition coefficient (Wildman–Crippen LogP) is 3.62. The van der Waals surface area contributed by atoms with Crippen LogP contribution >= 0.6 is 43.5 Å². The molecule has 1 aromatic carbocycles. The van der Waals surface area contributed by atoms with Crippen molar-refractivity contribution in [1.82, 2.24) is 15.0 Å². The lowest BCUT2D eigenvalue weighted by molar-refractivity contribution is 0.795. The van der Waals surface area contributed by atoms with Gasteiger partial charge >= 0.3 is 0 Å². The maximum absolute atomic E-state index is 6.02. The van der Waals surface area contributed by atoms with E-state index in [1.165, 1.54) is 0 Å². The number of hydrogen-bond acceptors (Lipinski definition) is 2. The molecule has 16 heavy (non-hydrogen) atoms. The highest BCUT2D eigenvalue weighted by Gasteiger charge is 2.08. The van der Waals surface area contributed by atoms with Crippen LogP contribution in [0.25, 0.3) is 5.69 Å². The number of rotatable bonds is 3. The molecule has 6 heteroatoms. The van der Waals surface area contributed by atoms with Gasteiger partial charge in [0, 0.05) is 11.8 Å². The quantitative estimate of drug-likeness (QED) is 0.778. The molecule has 0 aliphatic carbocycles. The Kier molecular flexibility index (Phi) is 4.00. The molecule has 0 aliphatic heterocycles. The Labute approximate surface area is 115 Å². The summed E-state index contributed by atoms with van der Waals surface area (Å²) in [6, 6.07) is 5.64. The second-order valence-electron chi connectivity index (χ2n) is 3.17. The van der Waals surface area contributed by atoms with Crippen LogP contribution in [0.15, 0.2) is 28.9 Å². The van der Waals surface area contributed by atoms with Crippen molar-refractivity contribution in [2.24, 2.45) is 0 Å². The Morgan fingerprint density at radius 2 is 2.19 bits per heavy atom. The molecule has 3 nitrogen and oxygen atoms in total.